The Labute approximate surface area is 123 Å². The minimum atomic E-state index is 0.159. The molecule has 3 heterocycles. The predicted molar refractivity (Wildman–Crippen MR) is 80.8 cm³/mol. The van der Waals surface area contributed by atoms with Gasteiger partial charge in [-0.2, -0.15) is 0 Å². The molecule has 4 heteroatoms. The number of hydrogen-bond acceptors (Lipinski definition) is 4. The van der Waals surface area contributed by atoms with Crippen molar-refractivity contribution >= 4 is 11.3 Å². The van der Waals surface area contributed by atoms with E-state index in [-0.39, 0.29) is 6.10 Å². The Morgan fingerprint density at radius 3 is 3.05 bits per heavy atom. The standard InChI is InChI=1S/C16H18N2OS/c1-2-5-12(6-3-1)14-11-20-16(17-14)15-9-18-8-4-7-13(18)10-19-15/h1-3,5-6,11,13,15H,4,7-10H2. The summed E-state index contributed by atoms with van der Waals surface area (Å²) in [5, 5.41) is 3.26. The normalized spacial score (nSPS) is 26.6. The molecule has 104 valence electrons. The van der Waals surface area contributed by atoms with Crippen LogP contribution in [0.1, 0.15) is 24.0 Å². The average molecular weight is 286 g/mol. The fraction of sp³-hybridized carbons (Fsp3) is 0.438. The van der Waals surface area contributed by atoms with Crippen LogP contribution in [0.5, 0.6) is 0 Å². The third-order valence-corrected chi connectivity index (χ3v) is 5.19. The summed E-state index contributed by atoms with van der Waals surface area (Å²) in [6, 6.07) is 11.0. The number of thiazole rings is 1. The van der Waals surface area contributed by atoms with Crippen LogP contribution < -0.4 is 0 Å². The Balaban J connectivity index is 1.53. The molecule has 2 unspecified atom stereocenters. The molecule has 0 spiro atoms. The van der Waals surface area contributed by atoms with Crippen molar-refractivity contribution in [3.63, 3.8) is 0 Å². The van der Waals surface area contributed by atoms with Gasteiger partial charge in [-0.05, 0) is 19.4 Å². The first-order chi connectivity index (χ1) is 9.90. The van der Waals surface area contributed by atoms with E-state index < -0.39 is 0 Å². The molecule has 0 bridgehead atoms. The zero-order chi connectivity index (χ0) is 13.4. The van der Waals surface area contributed by atoms with Crippen molar-refractivity contribution in [3.8, 4) is 11.3 Å². The molecule has 2 fully saturated rings. The van der Waals surface area contributed by atoms with E-state index in [0.717, 1.165) is 23.9 Å². The van der Waals surface area contributed by atoms with Crippen molar-refractivity contribution in [2.24, 2.45) is 0 Å². The van der Waals surface area contributed by atoms with Crippen LogP contribution in [0.4, 0.5) is 0 Å². The summed E-state index contributed by atoms with van der Waals surface area (Å²) in [6.45, 7) is 3.10. The van der Waals surface area contributed by atoms with Gasteiger partial charge in [0.1, 0.15) is 11.1 Å². The van der Waals surface area contributed by atoms with Crippen molar-refractivity contribution < 1.29 is 4.74 Å². The van der Waals surface area contributed by atoms with Gasteiger partial charge < -0.3 is 4.74 Å². The van der Waals surface area contributed by atoms with Gasteiger partial charge in [-0.1, -0.05) is 30.3 Å². The molecule has 0 saturated carbocycles. The Morgan fingerprint density at radius 2 is 2.15 bits per heavy atom. The predicted octanol–water partition coefficient (Wildman–Crippen LogP) is 3.35. The van der Waals surface area contributed by atoms with Crippen molar-refractivity contribution in [2.45, 2.75) is 25.0 Å². The molecular weight excluding hydrogens is 268 g/mol. The maximum atomic E-state index is 6.03. The smallest absolute Gasteiger partial charge is 0.124 e. The Hall–Kier alpha value is -1.23. The van der Waals surface area contributed by atoms with E-state index >= 15 is 0 Å². The molecule has 0 amide bonds. The molecule has 4 rings (SSSR count). The van der Waals surface area contributed by atoms with E-state index in [0.29, 0.717) is 6.04 Å². The number of aromatic nitrogens is 1. The van der Waals surface area contributed by atoms with E-state index in [9.17, 15) is 0 Å². The highest BCUT2D eigenvalue weighted by molar-refractivity contribution is 7.10. The molecule has 2 aliphatic rings. The number of hydrogen-bond donors (Lipinski definition) is 0. The average Bonchev–Trinajstić information content (AvgIpc) is 3.16. The molecule has 2 aliphatic heterocycles. The van der Waals surface area contributed by atoms with Crippen LogP contribution in [0.2, 0.25) is 0 Å². The van der Waals surface area contributed by atoms with Gasteiger partial charge in [0.15, 0.2) is 0 Å². The second-order valence-corrected chi connectivity index (χ2v) is 6.44. The van der Waals surface area contributed by atoms with Crippen molar-refractivity contribution in [1.82, 2.24) is 9.88 Å². The van der Waals surface area contributed by atoms with Crippen LogP contribution in [0.25, 0.3) is 11.3 Å². The van der Waals surface area contributed by atoms with Crippen LogP contribution in [0, 0.1) is 0 Å². The van der Waals surface area contributed by atoms with E-state index in [1.165, 1.54) is 24.9 Å². The first-order valence-electron chi connectivity index (χ1n) is 7.26. The zero-order valence-electron chi connectivity index (χ0n) is 11.4. The summed E-state index contributed by atoms with van der Waals surface area (Å²) in [4.78, 5) is 7.35. The molecule has 2 saturated heterocycles. The Morgan fingerprint density at radius 1 is 1.25 bits per heavy atom. The SMILES string of the molecule is c1ccc(-c2csc(C3CN4CCCC4CO3)n2)cc1. The number of benzene rings is 1. The van der Waals surface area contributed by atoms with Gasteiger partial charge in [0.25, 0.3) is 0 Å². The minimum Gasteiger partial charge on any atom is -0.368 e. The third kappa shape index (κ3) is 2.28. The number of rotatable bonds is 2. The third-order valence-electron chi connectivity index (χ3n) is 4.26. The number of nitrogens with zero attached hydrogens (tertiary/aromatic N) is 2. The van der Waals surface area contributed by atoms with Crippen LogP contribution >= 0.6 is 11.3 Å². The molecular formula is C16H18N2OS. The number of morpholine rings is 1. The lowest BCUT2D eigenvalue weighted by Crippen LogP contribution is -2.42. The molecule has 0 aliphatic carbocycles. The summed E-state index contributed by atoms with van der Waals surface area (Å²) in [6.07, 6.45) is 2.76. The fourth-order valence-corrected chi connectivity index (χ4v) is 4.01. The van der Waals surface area contributed by atoms with Gasteiger partial charge in [0.05, 0.1) is 12.3 Å². The van der Waals surface area contributed by atoms with E-state index in [2.05, 4.69) is 34.5 Å². The second kappa shape index (κ2) is 5.28. The van der Waals surface area contributed by atoms with Crippen molar-refractivity contribution in [1.29, 1.82) is 0 Å². The first-order valence-corrected chi connectivity index (χ1v) is 8.14. The monoisotopic (exact) mass is 286 g/mol. The largest absolute Gasteiger partial charge is 0.368 e. The van der Waals surface area contributed by atoms with Gasteiger partial charge in [0, 0.05) is 23.5 Å². The van der Waals surface area contributed by atoms with Crippen molar-refractivity contribution in [2.75, 3.05) is 19.7 Å². The summed E-state index contributed by atoms with van der Waals surface area (Å²) >= 11 is 1.72. The van der Waals surface area contributed by atoms with Crippen molar-refractivity contribution in [3.05, 3.63) is 40.7 Å². The quantitative estimate of drug-likeness (QED) is 0.846. The number of ether oxygens (including phenoxy) is 1. The van der Waals surface area contributed by atoms with E-state index in [4.69, 9.17) is 9.72 Å². The zero-order valence-corrected chi connectivity index (χ0v) is 12.2. The number of fused-ring (bicyclic) bond motifs is 1. The van der Waals surface area contributed by atoms with E-state index in [1.807, 2.05) is 6.07 Å². The van der Waals surface area contributed by atoms with Gasteiger partial charge in [-0.15, -0.1) is 11.3 Å². The fourth-order valence-electron chi connectivity index (χ4n) is 3.14. The van der Waals surface area contributed by atoms with Crippen LogP contribution in [-0.4, -0.2) is 35.6 Å². The summed E-state index contributed by atoms with van der Waals surface area (Å²) in [5.41, 5.74) is 2.25. The maximum absolute atomic E-state index is 6.03. The Bertz CT molecular complexity index is 583. The van der Waals surface area contributed by atoms with E-state index in [1.54, 1.807) is 11.3 Å². The second-order valence-electron chi connectivity index (χ2n) is 5.55. The highest BCUT2D eigenvalue weighted by Gasteiger charge is 2.33. The molecule has 2 atom stereocenters. The van der Waals surface area contributed by atoms with Crippen LogP contribution in [0.15, 0.2) is 35.7 Å². The topological polar surface area (TPSA) is 25.4 Å². The lowest BCUT2D eigenvalue weighted by molar-refractivity contribution is -0.0502. The summed E-state index contributed by atoms with van der Waals surface area (Å²) in [7, 11) is 0. The molecule has 1 aromatic heterocycles. The maximum Gasteiger partial charge on any atom is 0.124 e. The van der Waals surface area contributed by atoms with Crippen LogP contribution in [-0.2, 0) is 4.74 Å². The Kier molecular flexibility index (Phi) is 3.30. The molecule has 1 aromatic carbocycles. The lowest BCUT2D eigenvalue weighted by atomic mass is 10.2. The molecule has 0 radical (unpaired) electrons. The first kappa shape index (κ1) is 12.5. The summed E-state index contributed by atoms with van der Waals surface area (Å²) < 4.78 is 6.03. The van der Waals surface area contributed by atoms with Gasteiger partial charge in [-0.25, -0.2) is 4.98 Å². The lowest BCUT2D eigenvalue weighted by Gasteiger charge is -2.34. The van der Waals surface area contributed by atoms with Gasteiger partial charge >= 0.3 is 0 Å². The minimum absolute atomic E-state index is 0.159. The highest BCUT2D eigenvalue weighted by Crippen LogP contribution is 2.33. The molecule has 3 nitrogen and oxygen atoms in total. The van der Waals surface area contributed by atoms with Crippen LogP contribution in [0.3, 0.4) is 0 Å². The molecule has 20 heavy (non-hydrogen) atoms. The van der Waals surface area contributed by atoms with Gasteiger partial charge in [0.2, 0.25) is 0 Å². The molecule has 2 aromatic rings. The highest BCUT2D eigenvalue weighted by atomic mass is 32.1. The summed E-state index contributed by atoms with van der Waals surface area (Å²) in [5.74, 6) is 0. The van der Waals surface area contributed by atoms with Gasteiger partial charge in [-0.3, -0.25) is 4.90 Å². The molecule has 0 N–H and O–H groups in total.